The number of hydrogen-bond acceptors (Lipinski definition) is 6. The molecule has 1 aromatic heterocycles. The predicted molar refractivity (Wildman–Crippen MR) is 73.6 cm³/mol. The van der Waals surface area contributed by atoms with Gasteiger partial charge in [0.05, 0.1) is 31.6 Å². The van der Waals surface area contributed by atoms with E-state index in [1.807, 2.05) is 11.8 Å². The molecule has 1 aromatic rings. The molecule has 0 radical (unpaired) electrons. The Morgan fingerprint density at radius 3 is 2.58 bits per heavy atom. The van der Waals surface area contributed by atoms with Gasteiger partial charge in [-0.05, 0) is 6.92 Å². The number of methoxy groups -OCH3 is 2. The highest BCUT2D eigenvalue weighted by atomic mass is 16.5. The molecule has 0 amide bonds. The molecule has 0 aliphatic carbocycles. The summed E-state index contributed by atoms with van der Waals surface area (Å²) in [5, 5.41) is 7.30. The molecule has 0 fully saturated rings. The summed E-state index contributed by atoms with van der Waals surface area (Å²) in [7, 11) is 3.32. The molecule has 1 atom stereocenters. The lowest BCUT2D eigenvalue weighted by molar-refractivity contribution is 0.170. The van der Waals surface area contributed by atoms with Crippen molar-refractivity contribution in [2.75, 3.05) is 38.9 Å². The van der Waals surface area contributed by atoms with E-state index in [4.69, 9.17) is 20.6 Å². The summed E-state index contributed by atoms with van der Waals surface area (Å²) < 4.78 is 10.3. The zero-order valence-electron chi connectivity index (χ0n) is 11.6. The maximum absolute atomic E-state index is 7.30. The second-order valence-corrected chi connectivity index (χ2v) is 4.16. The Morgan fingerprint density at radius 2 is 2.11 bits per heavy atom. The minimum atomic E-state index is -0.0903. The fourth-order valence-electron chi connectivity index (χ4n) is 1.69. The molecular weight excluding hydrogens is 246 g/mol. The van der Waals surface area contributed by atoms with E-state index in [-0.39, 0.29) is 11.9 Å². The van der Waals surface area contributed by atoms with Gasteiger partial charge in [-0.1, -0.05) is 0 Å². The number of ether oxygens (including phenoxy) is 2. The maximum Gasteiger partial charge on any atom is 0.147 e. The largest absolute Gasteiger partial charge is 0.383 e. The van der Waals surface area contributed by atoms with E-state index in [1.165, 1.54) is 6.20 Å². The van der Waals surface area contributed by atoms with Gasteiger partial charge in [-0.15, -0.1) is 0 Å². The normalized spacial score (nSPS) is 12.2. The molecule has 1 unspecified atom stereocenters. The van der Waals surface area contributed by atoms with E-state index in [2.05, 4.69) is 9.97 Å². The minimum absolute atomic E-state index is 0.0903. The molecule has 0 aliphatic rings. The number of aromatic nitrogens is 2. The average Bonchev–Trinajstić information content (AvgIpc) is 2.40. The van der Waals surface area contributed by atoms with Crippen molar-refractivity contribution >= 4 is 11.7 Å². The number of nitrogens with two attached hydrogens (primary N) is 1. The van der Waals surface area contributed by atoms with Gasteiger partial charge in [-0.25, -0.2) is 9.97 Å². The first-order valence-electron chi connectivity index (χ1n) is 6.01. The van der Waals surface area contributed by atoms with Crippen molar-refractivity contribution in [3.63, 3.8) is 0 Å². The summed E-state index contributed by atoms with van der Waals surface area (Å²) >= 11 is 0. The number of nitrogens with one attached hydrogen (secondary N) is 1. The van der Waals surface area contributed by atoms with Crippen LogP contribution in [0.5, 0.6) is 0 Å². The van der Waals surface area contributed by atoms with Crippen LogP contribution in [0.4, 0.5) is 5.82 Å². The number of amidine groups is 1. The van der Waals surface area contributed by atoms with Gasteiger partial charge in [0, 0.05) is 20.8 Å². The zero-order valence-corrected chi connectivity index (χ0v) is 11.6. The van der Waals surface area contributed by atoms with Crippen LogP contribution >= 0.6 is 0 Å². The molecule has 106 valence electrons. The van der Waals surface area contributed by atoms with Crippen LogP contribution < -0.4 is 10.6 Å². The highest BCUT2D eigenvalue weighted by molar-refractivity contribution is 5.92. The van der Waals surface area contributed by atoms with Crippen LogP contribution in [0.3, 0.4) is 0 Å². The number of nitrogens with zero attached hydrogens (tertiary/aromatic N) is 3. The Balaban J connectivity index is 2.86. The number of hydrogen-bond donors (Lipinski definition) is 2. The third kappa shape index (κ3) is 4.46. The predicted octanol–water partition coefficient (Wildman–Crippen LogP) is 0.248. The molecule has 19 heavy (non-hydrogen) atoms. The molecule has 0 saturated heterocycles. The lowest BCUT2D eigenvalue weighted by Crippen LogP contribution is -2.39. The highest BCUT2D eigenvalue weighted by Gasteiger charge is 2.16. The molecule has 3 N–H and O–H groups in total. The Labute approximate surface area is 113 Å². The van der Waals surface area contributed by atoms with E-state index in [0.717, 1.165) is 0 Å². The first kappa shape index (κ1) is 15.3. The standard InChI is InChI=1S/C12H21N5O2/c1-9(8-19-3)17(4-5-18-2)11-7-15-10(6-16-11)12(13)14/h6-7,9H,4-5,8H2,1-3H3,(H3,13,14). The Morgan fingerprint density at radius 1 is 1.37 bits per heavy atom. The van der Waals surface area contributed by atoms with Crippen molar-refractivity contribution < 1.29 is 9.47 Å². The van der Waals surface area contributed by atoms with Crippen molar-refractivity contribution in [1.82, 2.24) is 9.97 Å². The second-order valence-electron chi connectivity index (χ2n) is 4.16. The lowest BCUT2D eigenvalue weighted by atomic mass is 10.3. The molecule has 0 saturated carbocycles. The molecular formula is C12H21N5O2. The van der Waals surface area contributed by atoms with Gasteiger partial charge in [0.15, 0.2) is 0 Å². The molecule has 7 heteroatoms. The van der Waals surface area contributed by atoms with Gasteiger partial charge >= 0.3 is 0 Å². The van der Waals surface area contributed by atoms with E-state index in [1.54, 1.807) is 20.4 Å². The van der Waals surface area contributed by atoms with Crippen LogP contribution in [0.2, 0.25) is 0 Å². The SMILES string of the molecule is COCCN(c1cnc(C(=N)N)cn1)C(C)COC. The van der Waals surface area contributed by atoms with Crippen LogP contribution in [-0.2, 0) is 9.47 Å². The van der Waals surface area contributed by atoms with E-state index >= 15 is 0 Å². The Kier molecular flexibility index (Phi) is 6.17. The van der Waals surface area contributed by atoms with Crippen molar-refractivity contribution in [2.45, 2.75) is 13.0 Å². The van der Waals surface area contributed by atoms with E-state index in [9.17, 15) is 0 Å². The molecule has 0 aliphatic heterocycles. The summed E-state index contributed by atoms with van der Waals surface area (Å²) in [5.41, 5.74) is 5.73. The molecule has 0 bridgehead atoms. The fourth-order valence-corrected chi connectivity index (χ4v) is 1.69. The maximum atomic E-state index is 7.30. The van der Waals surface area contributed by atoms with Crippen LogP contribution in [0, 0.1) is 5.41 Å². The summed E-state index contributed by atoms with van der Waals surface area (Å²) in [6.45, 7) is 3.90. The Hall–Kier alpha value is -1.73. The third-order valence-electron chi connectivity index (χ3n) is 2.68. The van der Waals surface area contributed by atoms with E-state index in [0.29, 0.717) is 31.3 Å². The topological polar surface area (TPSA) is 97.4 Å². The van der Waals surface area contributed by atoms with Gasteiger partial charge in [0.2, 0.25) is 0 Å². The molecule has 0 aromatic carbocycles. The third-order valence-corrected chi connectivity index (χ3v) is 2.68. The number of anilines is 1. The first-order chi connectivity index (χ1) is 9.10. The number of nitrogen functional groups attached to an aromatic ring is 1. The first-order valence-corrected chi connectivity index (χ1v) is 6.01. The average molecular weight is 267 g/mol. The minimum Gasteiger partial charge on any atom is -0.383 e. The molecule has 1 rings (SSSR count). The van der Waals surface area contributed by atoms with Gasteiger partial charge in [0.25, 0.3) is 0 Å². The van der Waals surface area contributed by atoms with Crippen LogP contribution in [-0.4, -0.2) is 55.8 Å². The van der Waals surface area contributed by atoms with Crippen molar-refractivity contribution in [2.24, 2.45) is 5.73 Å². The smallest absolute Gasteiger partial charge is 0.147 e. The van der Waals surface area contributed by atoms with Crippen LogP contribution in [0.15, 0.2) is 12.4 Å². The van der Waals surface area contributed by atoms with Gasteiger partial charge in [-0.3, -0.25) is 5.41 Å². The summed E-state index contributed by atoms with van der Waals surface area (Å²) in [6, 6.07) is 0.151. The number of rotatable bonds is 8. The Bertz CT molecular complexity index is 396. The zero-order chi connectivity index (χ0) is 14.3. The summed E-state index contributed by atoms with van der Waals surface area (Å²) in [5.74, 6) is 0.624. The summed E-state index contributed by atoms with van der Waals surface area (Å²) in [4.78, 5) is 10.4. The second kappa shape index (κ2) is 7.65. The van der Waals surface area contributed by atoms with Gasteiger partial charge in [-0.2, -0.15) is 0 Å². The van der Waals surface area contributed by atoms with E-state index < -0.39 is 0 Å². The lowest BCUT2D eigenvalue weighted by Gasteiger charge is -2.29. The molecule has 1 heterocycles. The van der Waals surface area contributed by atoms with Gasteiger partial charge in [0.1, 0.15) is 17.3 Å². The fraction of sp³-hybridized carbons (Fsp3) is 0.583. The van der Waals surface area contributed by atoms with Crippen LogP contribution in [0.25, 0.3) is 0 Å². The highest BCUT2D eigenvalue weighted by Crippen LogP contribution is 2.13. The quantitative estimate of drug-likeness (QED) is 0.517. The van der Waals surface area contributed by atoms with Crippen molar-refractivity contribution in [3.8, 4) is 0 Å². The molecule has 7 nitrogen and oxygen atoms in total. The summed E-state index contributed by atoms with van der Waals surface area (Å²) in [6.07, 6.45) is 3.11. The van der Waals surface area contributed by atoms with Crippen LogP contribution in [0.1, 0.15) is 12.6 Å². The monoisotopic (exact) mass is 267 g/mol. The molecule has 0 spiro atoms. The van der Waals surface area contributed by atoms with Crippen molar-refractivity contribution in [1.29, 1.82) is 5.41 Å². The van der Waals surface area contributed by atoms with Crippen molar-refractivity contribution in [3.05, 3.63) is 18.1 Å². The van der Waals surface area contributed by atoms with Gasteiger partial charge < -0.3 is 20.1 Å².